The fourth-order valence-corrected chi connectivity index (χ4v) is 3.47. The van der Waals surface area contributed by atoms with E-state index in [2.05, 4.69) is 63.3 Å². The van der Waals surface area contributed by atoms with Crippen molar-refractivity contribution >= 4 is 11.3 Å². The fraction of sp³-hybridized carbons (Fsp3) is 0.412. The van der Waals surface area contributed by atoms with Gasteiger partial charge in [0.1, 0.15) is 0 Å². The maximum Gasteiger partial charge on any atom is 0.0668 e. The Labute approximate surface area is 120 Å². The molecule has 1 N–H and O–H groups in total. The highest BCUT2D eigenvalue weighted by Crippen LogP contribution is 2.31. The molecular weight excluding hydrogens is 250 g/mol. The Balaban J connectivity index is 2.31. The second-order valence-corrected chi connectivity index (χ2v) is 6.72. The van der Waals surface area contributed by atoms with Crippen molar-refractivity contribution in [2.24, 2.45) is 0 Å². The second-order valence-electron chi connectivity index (χ2n) is 5.43. The molecular formula is C17H23NS. The van der Waals surface area contributed by atoms with Crippen molar-refractivity contribution in [3.05, 3.63) is 56.8 Å². The second kappa shape index (κ2) is 5.89. The lowest BCUT2D eigenvalue weighted by Crippen LogP contribution is -2.16. The van der Waals surface area contributed by atoms with E-state index in [1.54, 1.807) is 0 Å². The third kappa shape index (κ3) is 3.07. The van der Waals surface area contributed by atoms with Crippen LogP contribution in [0.15, 0.2) is 30.3 Å². The van der Waals surface area contributed by atoms with Crippen LogP contribution in [0.4, 0.5) is 0 Å². The Morgan fingerprint density at radius 2 is 1.58 bits per heavy atom. The fourth-order valence-electron chi connectivity index (χ4n) is 2.29. The van der Waals surface area contributed by atoms with E-state index in [-0.39, 0.29) is 0 Å². The molecule has 102 valence electrons. The van der Waals surface area contributed by atoms with E-state index < -0.39 is 0 Å². The molecule has 0 amide bonds. The van der Waals surface area contributed by atoms with Crippen molar-refractivity contribution in [2.75, 3.05) is 7.05 Å². The summed E-state index contributed by atoms with van der Waals surface area (Å²) in [5.74, 6) is 0.591. The zero-order valence-corrected chi connectivity index (χ0v) is 13.3. The summed E-state index contributed by atoms with van der Waals surface area (Å²) in [4.78, 5) is 2.81. The van der Waals surface area contributed by atoms with Crippen LogP contribution < -0.4 is 5.32 Å². The van der Waals surface area contributed by atoms with Crippen LogP contribution in [0.1, 0.15) is 52.3 Å². The SMILES string of the molecule is CNC(c1ccc(C(C)C)cc1)c1cc(C)c(C)s1. The molecule has 1 unspecified atom stereocenters. The molecule has 0 aliphatic carbocycles. The lowest BCUT2D eigenvalue weighted by Gasteiger charge is -2.16. The van der Waals surface area contributed by atoms with Crippen LogP contribution in [0.3, 0.4) is 0 Å². The van der Waals surface area contributed by atoms with Gasteiger partial charge >= 0.3 is 0 Å². The highest BCUT2D eigenvalue weighted by molar-refractivity contribution is 7.12. The summed E-state index contributed by atoms with van der Waals surface area (Å²) in [5, 5.41) is 3.43. The number of aryl methyl sites for hydroxylation is 2. The Morgan fingerprint density at radius 3 is 2.00 bits per heavy atom. The van der Waals surface area contributed by atoms with Crippen molar-refractivity contribution in [3.63, 3.8) is 0 Å². The lowest BCUT2D eigenvalue weighted by atomic mass is 9.98. The average Bonchev–Trinajstić information content (AvgIpc) is 2.71. The van der Waals surface area contributed by atoms with Crippen LogP contribution >= 0.6 is 11.3 Å². The van der Waals surface area contributed by atoms with E-state index in [0.717, 1.165) is 0 Å². The average molecular weight is 273 g/mol. The summed E-state index contributed by atoms with van der Waals surface area (Å²) in [5.41, 5.74) is 4.13. The summed E-state index contributed by atoms with van der Waals surface area (Å²) in [7, 11) is 2.03. The van der Waals surface area contributed by atoms with Crippen molar-refractivity contribution < 1.29 is 0 Å². The molecule has 0 saturated carbocycles. The third-order valence-corrected chi connectivity index (χ3v) is 4.91. The van der Waals surface area contributed by atoms with E-state index >= 15 is 0 Å². The Bertz CT molecular complexity index is 517. The van der Waals surface area contributed by atoms with E-state index in [4.69, 9.17) is 0 Å². The van der Waals surface area contributed by atoms with Crippen LogP contribution in [-0.2, 0) is 0 Å². The number of hydrogen-bond acceptors (Lipinski definition) is 2. The molecule has 1 aromatic heterocycles. The maximum atomic E-state index is 3.43. The quantitative estimate of drug-likeness (QED) is 0.844. The van der Waals surface area contributed by atoms with Crippen LogP contribution in [0.25, 0.3) is 0 Å². The molecule has 1 atom stereocenters. The predicted molar refractivity (Wildman–Crippen MR) is 85.2 cm³/mol. The summed E-state index contributed by atoms with van der Waals surface area (Å²) in [6, 6.07) is 11.6. The molecule has 2 heteroatoms. The van der Waals surface area contributed by atoms with Crippen molar-refractivity contribution in [1.29, 1.82) is 0 Å². The first-order valence-corrected chi connectivity index (χ1v) is 7.68. The molecule has 0 aliphatic heterocycles. The van der Waals surface area contributed by atoms with Gasteiger partial charge in [-0.1, -0.05) is 38.1 Å². The highest BCUT2D eigenvalue weighted by atomic mass is 32.1. The predicted octanol–water partition coefficient (Wildman–Crippen LogP) is 4.80. The van der Waals surface area contributed by atoms with Crippen LogP contribution in [-0.4, -0.2) is 7.05 Å². The minimum atomic E-state index is 0.304. The lowest BCUT2D eigenvalue weighted by molar-refractivity contribution is 0.702. The largest absolute Gasteiger partial charge is 0.309 e. The first-order valence-electron chi connectivity index (χ1n) is 6.87. The van der Waals surface area contributed by atoms with E-state index in [9.17, 15) is 0 Å². The van der Waals surface area contributed by atoms with Crippen LogP contribution in [0.2, 0.25) is 0 Å². The number of benzene rings is 1. The van der Waals surface area contributed by atoms with Crippen molar-refractivity contribution in [1.82, 2.24) is 5.32 Å². The topological polar surface area (TPSA) is 12.0 Å². The summed E-state index contributed by atoms with van der Waals surface area (Å²) < 4.78 is 0. The summed E-state index contributed by atoms with van der Waals surface area (Å²) in [6.45, 7) is 8.84. The number of hydrogen-bond donors (Lipinski definition) is 1. The molecule has 2 rings (SSSR count). The molecule has 1 aromatic carbocycles. The van der Waals surface area contributed by atoms with Gasteiger partial charge in [-0.15, -0.1) is 11.3 Å². The van der Waals surface area contributed by atoms with E-state index in [1.165, 1.54) is 26.4 Å². The van der Waals surface area contributed by atoms with Gasteiger partial charge < -0.3 is 5.32 Å². The Hall–Kier alpha value is -1.12. The van der Waals surface area contributed by atoms with Crippen molar-refractivity contribution in [2.45, 2.75) is 39.7 Å². The normalized spacial score (nSPS) is 12.9. The first-order chi connectivity index (χ1) is 9.02. The Kier molecular flexibility index (Phi) is 4.43. The molecule has 2 aromatic rings. The van der Waals surface area contributed by atoms with Gasteiger partial charge in [0.2, 0.25) is 0 Å². The monoisotopic (exact) mass is 273 g/mol. The molecule has 19 heavy (non-hydrogen) atoms. The molecule has 0 spiro atoms. The molecule has 1 heterocycles. The van der Waals surface area contributed by atoms with Crippen LogP contribution in [0, 0.1) is 13.8 Å². The molecule has 0 aliphatic rings. The van der Waals surface area contributed by atoms with Crippen molar-refractivity contribution in [3.8, 4) is 0 Å². The van der Waals surface area contributed by atoms with Gasteiger partial charge in [-0.3, -0.25) is 0 Å². The van der Waals surface area contributed by atoms with Gasteiger partial charge in [0.15, 0.2) is 0 Å². The third-order valence-electron chi connectivity index (χ3n) is 3.69. The van der Waals surface area contributed by atoms with Crippen LogP contribution in [0.5, 0.6) is 0 Å². The Morgan fingerprint density at radius 1 is 1.00 bits per heavy atom. The first kappa shape index (κ1) is 14.3. The molecule has 0 radical (unpaired) electrons. The van der Waals surface area contributed by atoms with Gasteiger partial charge in [0.25, 0.3) is 0 Å². The van der Waals surface area contributed by atoms with Gasteiger partial charge in [0.05, 0.1) is 6.04 Å². The molecule has 0 saturated heterocycles. The number of nitrogens with one attached hydrogen (secondary N) is 1. The van der Waals surface area contributed by atoms with E-state index in [0.29, 0.717) is 12.0 Å². The van der Waals surface area contributed by atoms with Gasteiger partial charge in [-0.2, -0.15) is 0 Å². The summed E-state index contributed by atoms with van der Waals surface area (Å²) >= 11 is 1.89. The zero-order chi connectivity index (χ0) is 14.0. The number of rotatable bonds is 4. The number of thiophene rings is 1. The molecule has 0 bridgehead atoms. The van der Waals surface area contributed by atoms with Gasteiger partial charge in [0, 0.05) is 9.75 Å². The van der Waals surface area contributed by atoms with Gasteiger partial charge in [-0.05, 0) is 49.6 Å². The van der Waals surface area contributed by atoms with E-state index in [1.807, 2.05) is 18.4 Å². The minimum absolute atomic E-state index is 0.304. The molecule has 0 fully saturated rings. The minimum Gasteiger partial charge on any atom is -0.309 e. The van der Waals surface area contributed by atoms with Gasteiger partial charge in [-0.25, -0.2) is 0 Å². The zero-order valence-electron chi connectivity index (χ0n) is 12.4. The maximum absolute atomic E-state index is 3.43. The highest BCUT2D eigenvalue weighted by Gasteiger charge is 2.15. The summed E-state index contributed by atoms with van der Waals surface area (Å²) in [6.07, 6.45) is 0. The molecule has 1 nitrogen and oxygen atoms in total. The standard InChI is InChI=1S/C17H23NS/c1-11(2)14-6-8-15(9-7-14)17(18-5)16-10-12(3)13(4)19-16/h6-11,17-18H,1-5H3. The smallest absolute Gasteiger partial charge is 0.0668 e.